The molecule has 68 valence electrons. The van der Waals surface area contributed by atoms with Gasteiger partial charge in [0.05, 0.1) is 0 Å². The Morgan fingerprint density at radius 1 is 1.50 bits per heavy atom. The van der Waals surface area contributed by atoms with Crippen LogP contribution < -0.4 is 10.7 Å². The molecule has 0 bridgehead atoms. The van der Waals surface area contributed by atoms with Crippen LogP contribution in [0.15, 0.2) is 5.10 Å². The molecule has 0 aromatic rings. The average molecular weight is 183 g/mol. The van der Waals surface area contributed by atoms with Gasteiger partial charge in [-0.25, -0.2) is 0 Å². The predicted molar refractivity (Wildman–Crippen MR) is 30.8 cm³/mol. The molecule has 0 aromatic carbocycles. The van der Waals surface area contributed by atoms with Crippen molar-refractivity contribution in [2.24, 2.45) is 5.10 Å². The lowest BCUT2D eigenvalue weighted by Crippen LogP contribution is -2.54. The molecule has 12 heavy (non-hydrogen) atoms. The summed E-state index contributed by atoms with van der Waals surface area (Å²) in [5.41, 5.74) is 0.0567. The van der Waals surface area contributed by atoms with Crippen LogP contribution in [-0.4, -0.2) is 29.3 Å². The number of amides is 1. The van der Waals surface area contributed by atoms with Gasteiger partial charge < -0.3 is 10.4 Å². The summed E-state index contributed by atoms with van der Waals surface area (Å²) in [7, 11) is 0. The monoisotopic (exact) mass is 183 g/mol. The van der Waals surface area contributed by atoms with Gasteiger partial charge in [0.15, 0.2) is 0 Å². The minimum atomic E-state index is -4.81. The van der Waals surface area contributed by atoms with Gasteiger partial charge in [-0.05, 0) is 0 Å². The molecule has 0 radical (unpaired) electrons. The SMILES string of the molecule is O=C1NC(O)NN=C1C(F)(F)F. The molecule has 1 unspecified atom stereocenters. The molecule has 8 heteroatoms. The van der Waals surface area contributed by atoms with Crippen LogP contribution in [0.2, 0.25) is 0 Å². The van der Waals surface area contributed by atoms with Crippen molar-refractivity contribution in [2.45, 2.75) is 12.5 Å². The molecule has 1 aliphatic heterocycles. The molecule has 1 rings (SSSR count). The molecule has 3 N–H and O–H groups in total. The number of aliphatic hydroxyl groups is 1. The standard InChI is InChI=1S/C4H4F3N3O2/c5-4(6,7)1-2(11)8-3(12)10-9-1/h3,10,12H,(H,8,11). The van der Waals surface area contributed by atoms with E-state index in [1.54, 1.807) is 10.7 Å². The van der Waals surface area contributed by atoms with Crippen molar-refractivity contribution in [3.8, 4) is 0 Å². The Labute approximate surface area is 64.2 Å². The van der Waals surface area contributed by atoms with E-state index in [0.717, 1.165) is 0 Å². The summed E-state index contributed by atoms with van der Waals surface area (Å²) >= 11 is 0. The van der Waals surface area contributed by atoms with E-state index >= 15 is 0 Å². The lowest BCUT2D eigenvalue weighted by atomic mass is 10.3. The Bertz CT molecular complexity index is 236. The minimum Gasteiger partial charge on any atom is -0.355 e. The molecule has 1 heterocycles. The first-order valence-corrected chi connectivity index (χ1v) is 2.80. The summed E-state index contributed by atoms with van der Waals surface area (Å²) in [4.78, 5) is 10.5. The number of nitrogens with zero attached hydrogens (tertiary/aromatic N) is 1. The lowest BCUT2D eigenvalue weighted by molar-refractivity contribution is -0.124. The van der Waals surface area contributed by atoms with E-state index in [4.69, 9.17) is 5.11 Å². The maximum absolute atomic E-state index is 11.8. The number of nitrogens with one attached hydrogen (secondary N) is 2. The highest BCUT2D eigenvalue weighted by Crippen LogP contribution is 2.18. The number of hydrogen-bond acceptors (Lipinski definition) is 4. The first kappa shape index (κ1) is 8.78. The zero-order valence-electron chi connectivity index (χ0n) is 5.51. The Kier molecular flexibility index (Phi) is 1.92. The fourth-order valence-corrected chi connectivity index (χ4v) is 0.593. The second-order valence-corrected chi connectivity index (χ2v) is 1.96. The predicted octanol–water partition coefficient (Wildman–Crippen LogP) is -1.10. The summed E-state index contributed by atoms with van der Waals surface area (Å²) in [6, 6.07) is 0. The van der Waals surface area contributed by atoms with Gasteiger partial charge in [-0.2, -0.15) is 18.3 Å². The van der Waals surface area contributed by atoms with E-state index < -0.39 is 24.1 Å². The fraction of sp³-hybridized carbons (Fsp3) is 0.500. The molecule has 5 nitrogen and oxygen atoms in total. The quantitative estimate of drug-likeness (QED) is 0.446. The highest BCUT2D eigenvalue weighted by atomic mass is 19.4. The molecule has 0 fully saturated rings. The van der Waals surface area contributed by atoms with Crippen LogP contribution in [0.4, 0.5) is 13.2 Å². The van der Waals surface area contributed by atoms with E-state index in [0.29, 0.717) is 0 Å². The average Bonchev–Trinajstić information content (AvgIpc) is 1.83. The second-order valence-electron chi connectivity index (χ2n) is 1.96. The van der Waals surface area contributed by atoms with Gasteiger partial charge in [0.25, 0.3) is 5.91 Å². The topological polar surface area (TPSA) is 73.7 Å². The van der Waals surface area contributed by atoms with Crippen LogP contribution in [0.5, 0.6) is 0 Å². The van der Waals surface area contributed by atoms with Crippen LogP contribution in [0, 0.1) is 0 Å². The molecule has 0 aromatic heterocycles. The van der Waals surface area contributed by atoms with Crippen molar-refractivity contribution in [2.75, 3.05) is 0 Å². The lowest BCUT2D eigenvalue weighted by Gasteiger charge is -2.19. The third kappa shape index (κ3) is 1.64. The van der Waals surface area contributed by atoms with E-state index in [2.05, 4.69) is 5.10 Å². The van der Waals surface area contributed by atoms with Crippen LogP contribution in [0.1, 0.15) is 0 Å². The first-order chi connectivity index (χ1) is 5.41. The first-order valence-electron chi connectivity index (χ1n) is 2.80. The van der Waals surface area contributed by atoms with Crippen molar-refractivity contribution in [3.63, 3.8) is 0 Å². The number of aliphatic hydroxyl groups excluding tert-OH is 1. The van der Waals surface area contributed by atoms with Crippen molar-refractivity contribution in [3.05, 3.63) is 0 Å². The number of hydrazone groups is 1. The van der Waals surface area contributed by atoms with E-state index in [1.807, 2.05) is 0 Å². The maximum Gasteiger partial charge on any atom is 0.440 e. The van der Waals surface area contributed by atoms with Crippen LogP contribution in [0.25, 0.3) is 0 Å². The molecule has 0 aliphatic carbocycles. The maximum atomic E-state index is 11.8. The van der Waals surface area contributed by atoms with E-state index in [-0.39, 0.29) is 0 Å². The highest BCUT2D eigenvalue weighted by Gasteiger charge is 2.43. The second kappa shape index (κ2) is 2.63. The summed E-state index contributed by atoms with van der Waals surface area (Å²) in [6.45, 7) is 0. The van der Waals surface area contributed by atoms with Gasteiger partial charge in [-0.1, -0.05) is 0 Å². The number of carbonyl (C=O) groups excluding carboxylic acids is 1. The summed E-state index contributed by atoms with van der Waals surface area (Å²) in [6.07, 6.45) is -6.37. The number of hydrogen-bond donors (Lipinski definition) is 3. The highest BCUT2D eigenvalue weighted by molar-refractivity contribution is 6.41. The summed E-state index contributed by atoms with van der Waals surface area (Å²) < 4.78 is 35.4. The van der Waals surface area contributed by atoms with Crippen LogP contribution in [0.3, 0.4) is 0 Å². The molecule has 0 saturated heterocycles. The van der Waals surface area contributed by atoms with Gasteiger partial charge in [-0.15, -0.1) is 0 Å². The van der Waals surface area contributed by atoms with E-state index in [1.165, 1.54) is 0 Å². The molecule has 1 atom stereocenters. The Morgan fingerprint density at radius 2 is 2.08 bits per heavy atom. The van der Waals surface area contributed by atoms with Gasteiger partial charge in [0, 0.05) is 0 Å². The van der Waals surface area contributed by atoms with Crippen LogP contribution >= 0.6 is 0 Å². The van der Waals surface area contributed by atoms with E-state index in [9.17, 15) is 18.0 Å². The molecule has 0 saturated carbocycles. The third-order valence-electron chi connectivity index (χ3n) is 1.05. The van der Waals surface area contributed by atoms with Gasteiger partial charge in [0.2, 0.25) is 12.1 Å². The zero-order chi connectivity index (χ0) is 9.35. The zero-order valence-corrected chi connectivity index (χ0v) is 5.51. The van der Waals surface area contributed by atoms with Crippen molar-refractivity contribution in [1.82, 2.24) is 10.7 Å². The molecule has 1 aliphatic rings. The Hall–Kier alpha value is -1.31. The molecular formula is C4H4F3N3O2. The van der Waals surface area contributed by atoms with Crippen molar-refractivity contribution >= 4 is 11.6 Å². The Balaban J connectivity index is 2.85. The van der Waals surface area contributed by atoms with Gasteiger partial charge >= 0.3 is 6.18 Å². The minimum absolute atomic E-state index is 1.45. The molecule has 1 amide bonds. The van der Waals surface area contributed by atoms with Crippen molar-refractivity contribution in [1.29, 1.82) is 0 Å². The number of halogens is 3. The summed E-state index contributed by atoms with van der Waals surface area (Å²) in [5, 5.41) is 12.8. The third-order valence-corrected chi connectivity index (χ3v) is 1.05. The van der Waals surface area contributed by atoms with Crippen LogP contribution in [-0.2, 0) is 4.79 Å². The van der Waals surface area contributed by atoms with Crippen molar-refractivity contribution < 1.29 is 23.1 Å². The molecular weight excluding hydrogens is 179 g/mol. The normalized spacial score (nSPS) is 24.2. The summed E-state index contributed by atoms with van der Waals surface area (Å²) in [5.74, 6) is -1.45. The Morgan fingerprint density at radius 3 is 2.50 bits per heavy atom. The van der Waals surface area contributed by atoms with Gasteiger partial charge in [-0.3, -0.25) is 10.2 Å². The molecule has 0 spiro atoms. The largest absolute Gasteiger partial charge is 0.440 e. The smallest absolute Gasteiger partial charge is 0.355 e. The fourth-order valence-electron chi connectivity index (χ4n) is 0.593. The van der Waals surface area contributed by atoms with Gasteiger partial charge in [0.1, 0.15) is 0 Å². The number of alkyl halides is 3. The number of carbonyl (C=O) groups is 1. The number of rotatable bonds is 0.